The van der Waals surface area contributed by atoms with E-state index in [2.05, 4.69) is 5.10 Å². The highest BCUT2D eigenvalue weighted by Gasteiger charge is 2.16. The third-order valence-corrected chi connectivity index (χ3v) is 2.95. The van der Waals surface area contributed by atoms with Crippen molar-refractivity contribution >= 4 is 5.69 Å². The number of nitrogen functional groups attached to an aromatic ring is 1. The maximum absolute atomic E-state index is 13.3. The van der Waals surface area contributed by atoms with Gasteiger partial charge in [0, 0.05) is 12.1 Å². The Morgan fingerprint density at radius 1 is 1.14 bits per heavy atom. The quantitative estimate of drug-likeness (QED) is 0.736. The number of aromatic nitrogens is 2. The number of halogens is 3. The number of benzene rings is 1. The lowest BCUT2D eigenvalue weighted by Crippen LogP contribution is -1.99. The van der Waals surface area contributed by atoms with Gasteiger partial charge in [0.25, 0.3) is 0 Å². The summed E-state index contributed by atoms with van der Waals surface area (Å²) >= 11 is 0. The average molecular weight is 293 g/mol. The van der Waals surface area contributed by atoms with Crippen molar-refractivity contribution in [1.82, 2.24) is 9.78 Å². The van der Waals surface area contributed by atoms with Crippen molar-refractivity contribution in [2.75, 3.05) is 5.73 Å². The molecule has 0 aliphatic heterocycles. The van der Waals surface area contributed by atoms with Gasteiger partial charge in [0.1, 0.15) is 5.76 Å². The van der Waals surface area contributed by atoms with E-state index in [4.69, 9.17) is 10.2 Å². The highest BCUT2D eigenvalue weighted by atomic mass is 19.2. The van der Waals surface area contributed by atoms with Gasteiger partial charge in [0.05, 0.1) is 17.6 Å². The molecule has 1 aromatic carbocycles. The van der Waals surface area contributed by atoms with Crippen LogP contribution in [0.3, 0.4) is 0 Å². The number of hydrogen-bond donors (Lipinski definition) is 1. The van der Waals surface area contributed by atoms with Crippen LogP contribution < -0.4 is 5.73 Å². The summed E-state index contributed by atoms with van der Waals surface area (Å²) in [4.78, 5) is 0. The molecule has 3 rings (SSSR count). The van der Waals surface area contributed by atoms with Crippen molar-refractivity contribution in [3.63, 3.8) is 0 Å². The molecule has 0 saturated carbocycles. The molecule has 0 bridgehead atoms. The summed E-state index contributed by atoms with van der Waals surface area (Å²) in [6.07, 6.45) is 1.37. The Bertz CT molecular complexity index is 800. The Balaban J connectivity index is 2.09. The molecule has 0 fully saturated rings. The van der Waals surface area contributed by atoms with E-state index in [1.54, 1.807) is 19.1 Å². The van der Waals surface area contributed by atoms with Crippen molar-refractivity contribution in [1.29, 1.82) is 0 Å². The molecule has 3 aromatic rings. The summed E-state index contributed by atoms with van der Waals surface area (Å²) in [6, 6.07) is 5.10. The smallest absolute Gasteiger partial charge is 0.194 e. The van der Waals surface area contributed by atoms with Gasteiger partial charge < -0.3 is 10.2 Å². The molecule has 108 valence electrons. The van der Waals surface area contributed by atoms with Crippen LogP contribution in [0.5, 0.6) is 0 Å². The van der Waals surface area contributed by atoms with Crippen LogP contribution in [-0.2, 0) is 0 Å². The van der Waals surface area contributed by atoms with Gasteiger partial charge in [-0.2, -0.15) is 5.10 Å². The minimum atomic E-state index is -1.53. The molecular weight excluding hydrogens is 283 g/mol. The van der Waals surface area contributed by atoms with Crippen LogP contribution in [0.4, 0.5) is 18.9 Å². The molecule has 0 saturated heterocycles. The SMILES string of the molecule is Cc1ccc(-c2nn(-c3cc(F)c(F)c(F)c3)cc2N)o1. The van der Waals surface area contributed by atoms with Gasteiger partial charge in [0.2, 0.25) is 0 Å². The highest BCUT2D eigenvalue weighted by molar-refractivity contribution is 5.68. The van der Waals surface area contributed by atoms with Crippen molar-refractivity contribution in [3.05, 3.63) is 53.7 Å². The Labute approximate surface area is 117 Å². The average Bonchev–Trinajstić information content (AvgIpc) is 3.01. The van der Waals surface area contributed by atoms with Gasteiger partial charge in [-0.1, -0.05) is 0 Å². The predicted molar refractivity (Wildman–Crippen MR) is 70.3 cm³/mol. The fourth-order valence-corrected chi connectivity index (χ4v) is 1.95. The zero-order chi connectivity index (χ0) is 15.1. The number of anilines is 1. The Hall–Kier alpha value is -2.70. The standard InChI is InChI=1S/C14H10F3N3O/c1-7-2-3-12(21-7)14-11(18)6-20(19-14)8-4-9(15)13(17)10(16)5-8/h2-6H,18H2,1H3. The largest absolute Gasteiger partial charge is 0.460 e. The fourth-order valence-electron chi connectivity index (χ4n) is 1.95. The lowest BCUT2D eigenvalue weighted by Gasteiger charge is -2.02. The first-order chi connectivity index (χ1) is 9.95. The summed E-state index contributed by atoms with van der Waals surface area (Å²) in [7, 11) is 0. The van der Waals surface area contributed by atoms with Crippen LogP contribution in [0, 0.1) is 24.4 Å². The van der Waals surface area contributed by atoms with Gasteiger partial charge in [-0.25, -0.2) is 17.9 Å². The maximum atomic E-state index is 13.3. The first-order valence-corrected chi connectivity index (χ1v) is 6.02. The minimum absolute atomic E-state index is 0.0210. The van der Waals surface area contributed by atoms with Crippen molar-refractivity contribution < 1.29 is 17.6 Å². The maximum Gasteiger partial charge on any atom is 0.194 e. The monoisotopic (exact) mass is 293 g/mol. The molecule has 4 nitrogen and oxygen atoms in total. The lowest BCUT2D eigenvalue weighted by molar-refractivity contribution is 0.446. The number of hydrogen-bond acceptors (Lipinski definition) is 3. The molecule has 0 amide bonds. The van der Waals surface area contributed by atoms with E-state index in [0.29, 0.717) is 17.2 Å². The first kappa shape index (κ1) is 13.3. The van der Waals surface area contributed by atoms with Gasteiger partial charge in [0.15, 0.2) is 28.9 Å². The number of furan rings is 1. The van der Waals surface area contributed by atoms with E-state index in [1.807, 2.05) is 0 Å². The molecule has 0 atom stereocenters. The van der Waals surface area contributed by atoms with Crippen molar-refractivity contribution in [3.8, 4) is 17.1 Å². The molecule has 7 heteroatoms. The third-order valence-electron chi connectivity index (χ3n) is 2.95. The molecule has 2 N–H and O–H groups in total. The second-order valence-electron chi connectivity index (χ2n) is 4.51. The van der Waals surface area contributed by atoms with Gasteiger partial charge >= 0.3 is 0 Å². The fraction of sp³-hybridized carbons (Fsp3) is 0.0714. The summed E-state index contributed by atoms with van der Waals surface area (Å²) in [6.45, 7) is 1.77. The molecule has 0 radical (unpaired) electrons. The van der Waals surface area contributed by atoms with Crippen LogP contribution in [0.25, 0.3) is 17.1 Å². The molecule has 0 aliphatic rings. The van der Waals surface area contributed by atoms with Crippen molar-refractivity contribution in [2.45, 2.75) is 6.92 Å². The van der Waals surface area contributed by atoms with Gasteiger partial charge in [-0.3, -0.25) is 0 Å². The van der Waals surface area contributed by atoms with Crippen LogP contribution in [0.2, 0.25) is 0 Å². The van der Waals surface area contributed by atoms with Gasteiger partial charge in [-0.15, -0.1) is 0 Å². The second kappa shape index (κ2) is 4.69. The van der Waals surface area contributed by atoms with E-state index in [1.165, 1.54) is 6.20 Å². The van der Waals surface area contributed by atoms with Crippen LogP contribution in [-0.4, -0.2) is 9.78 Å². The Morgan fingerprint density at radius 3 is 2.38 bits per heavy atom. The molecule has 2 aromatic heterocycles. The van der Waals surface area contributed by atoms with Crippen molar-refractivity contribution in [2.24, 2.45) is 0 Å². The predicted octanol–water partition coefficient (Wildman–Crippen LogP) is 3.44. The molecule has 2 heterocycles. The summed E-state index contributed by atoms with van der Waals surface area (Å²) in [5.41, 5.74) is 6.46. The summed E-state index contributed by atoms with van der Waals surface area (Å²) < 4.78 is 46.0. The summed E-state index contributed by atoms with van der Waals surface area (Å²) in [5.74, 6) is -3.01. The van der Waals surface area contributed by atoms with Crippen LogP contribution in [0.15, 0.2) is 34.9 Å². The van der Waals surface area contributed by atoms with E-state index in [0.717, 1.165) is 16.8 Å². The normalized spacial score (nSPS) is 11.0. The molecule has 0 unspecified atom stereocenters. The lowest BCUT2D eigenvalue weighted by atomic mass is 10.3. The van der Waals surface area contributed by atoms with Crippen LogP contribution in [0.1, 0.15) is 5.76 Å². The molecule has 21 heavy (non-hydrogen) atoms. The minimum Gasteiger partial charge on any atom is -0.460 e. The third kappa shape index (κ3) is 2.26. The van der Waals surface area contributed by atoms with E-state index < -0.39 is 17.5 Å². The molecular formula is C14H10F3N3O. The zero-order valence-electron chi connectivity index (χ0n) is 10.9. The van der Waals surface area contributed by atoms with Crippen LogP contribution >= 0.6 is 0 Å². The molecule has 0 spiro atoms. The number of aryl methyl sites for hydroxylation is 1. The van der Waals surface area contributed by atoms with E-state index in [9.17, 15) is 13.2 Å². The number of nitrogens with zero attached hydrogens (tertiary/aromatic N) is 2. The first-order valence-electron chi connectivity index (χ1n) is 6.02. The van der Waals surface area contributed by atoms with Gasteiger partial charge in [-0.05, 0) is 19.1 Å². The number of nitrogens with two attached hydrogens (primary N) is 1. The van der Waals surface area contributed by atoms with E-state index in [-0.39, 0.29) is 11.4 Å². The number of rotatable bonds is 2. The summed E-state index contributed by atoms with van der Waals surface area (Å²) in [5, 5.41) is 4.12. The van der Waals surface area contributed by atoms with E-state index >= 15 is 0 Å². The Morgan fingerprint density at radius 2 is 1.81 bits per heavy atom. The molecule has 0 aliphatic carbocycles. The zero-order valence-corrected chi connectivity index (χ0v) is 10.9. The highest BCUT2D eigenvalue weighted by Crippen LogP contribution is 2.27. The second-order valence-corrected chi connectivity index (χ2v) is 4.51. The Kier molecular flexibility index (Phi) is 2.97. The topological polar surface area (TPSA) is 57.0 Å².